The fourth-order valence-electron chi connectivity index (χ4n) is 2.13. The lowest BCUT2D eigenvalue weighted by Gasteiger charge is -2.29. The molecule has 0 amide bonds. The van der Waals surface area contributed by atoms with Gasteiger partial charge in [-0.25, -0.2) is 0 Å². The smallest absolute Gasteiger partial charge is 0.105 e. The average molecular weight is 249 g/mol. The second-order valence-corrected chi connectivity index (χ2v) is 6.12. The predicted octanol–water partition coefficient (Wildman–Crippen LogP) is 2.13. The summed E-state index contributed by atoms with van der Waals surface area (Å²) in [4.78, 5) is 4.66. The summed E-state index contributed by atoms with van der Waals surface area (Å²) in [5, 5.41) is 0.164. The van der Waals surface area contributed by atoms with Crippen molar-refractivity contribution in [2.75, 3.05) is 0 Å². The van der Waals surface area contributed by atoms with Gasteiger partial charge in [0.2, 0.25) is 0 Å². The van der Waals surface area contributed by atoms with Crippen molar-refractivity contribution in [3.63, 3.8) is 0 Å². The summed E-state index contributed by atoms with van der Waals surface area (Å²) in [5.74, 6) is 0.596. The van der Waals surface area contributed by atoms with Gasteiger partial charge in [-0.1, -0.05) is 55.3 Å². The van der Waals surface area contributed by atoms with Crippen LogP contribution >= 0.6 is 0 Å². The molecule has 0 atom stereocenters. The van der Waals surface area contributed by atoms with Crippen LogP contribution in [-0.2, 0) is 5.21 Å². The maximum Gasteiger partial charge on any atom is 0.105 e. The van der Waals surface area contributed by atoms with E-state index in [2.05, 4.69) is 77.8 Å². The van der Waals surface area contributed by atoms with Crippen molar-refractivity contribution in [1.82, 2.24) is 4.98 Å². The normalized spacial score (nSPS) is 11.8. The molecule has 0 saturated heterocycles. The van der Waals surface area contributed by atoms with Crippen LogP contribution in [0.4, 0.5) is 0 Å². The number of hydrogen-bond donors (Lipinski definition) is 0. The highest BCUT2D eigenvalue weighted by molar-refractivity contribution is 6.40. The molecule has 0 saturated carbocycles. The van der Waals surface area contributed by atoms with Gasteiger partial charge >= 0.3 is 0 Å². The van der Waals surface area contributed by atoms with Gasteiger partial charge in [-0.3, -0.25) is 4.98 Å². The van der Waals surface area contributed by atoms with Gasteiger partial charge in [0.1, 0.15) is 15.7 Å². The largest absolute Gasteiger partial charge is 0.256 e. The zero-order valence-corrected chi connectivity index (χ0v) is 12.6. The first-order valence-electron chi connectivity index (χ1n) is 6.95. The van der Waals surface area contributed by atoms with Crippen molar-refractivity contribution in [2.24, 2.45) is 5.92 Å². The quantitative estimate of drug-likeness (QED) is 0.759. The van der Waals surface area contributed by atoms with Crippen LogP contribution in [-0.4, -0.2) is 20.7 Å². The minimum Gasteiger partial charge on any atom is -0.256 e. The van der Waals surface area contributed by atoms with Crippen molar-refractivity contribution in [2.45, 2.75) is 26.0 Å². The monoisotopic (exact) mass is 249 g/mol. The lowest BCUT2D eigenvalue weighted by Crippen LogP contribution is -2.33. The number of benzene rings is 1. The highest BCUT2D eigenvalue weighted by Crippen LogP contribution is 2.27. The Morgan fingerprint density at radius 3 is 2.26 bits per heavy atom. The molecule has 2 rings (SSSR count). The molecule has 0 bridgehead atoms. The van der Waals surface area contributed by atoms with E-state index in [1.165, 1.54) is 16.7 Å². The molecule has 96 valence electrons. The van der Waals surface area contributed by atoms with E-state index in [9.17, 15) is 0 Å². The van der Waals surface area contributed by atoms with E-state index >= 15 is 0 Å². The summed E-state index contributed by atoms with van der Waals surface area (Å²) in [6.07, 6.45) is 2.03. The third-order valence-electron chi connectivity index (χ3n) is 4.37. The molecule has 0 aliphatic heterocycles. The van der Waals surface area contributed by atoms with E-state index in [-0.39, 0.29) is 5.21 Å². The Kier molecular flexibility index (Phi) is 3.84. The molecule has 1 aromatic carbocycles. The molecule has 1 nitrogen and oxygen atoms in total. The highest BCUT2D eigenvalue weighted by Gasteiger charge is 2.24. The summed E-state index contributed by atoms with van der Waals surface area (Å²) < 4.78 is 0. The van der Waals surface area contributed by atoms with Gasteiger partial charge in [-0.15, -0.1) is 0 Å². The Hall–Kier alpha value is -1.50. The van der Waals surface area contributed by atoms with Crippen LogP contribution in [0.1, 0.15) is 25.0 Å². The zero-order valence-electron chi connectivity index (χ0n) is 12.6. The molecule has 3 heteroatoms. The average Bonchev–Trinajstić information content (AvgIpc) is 2.39. The Bertz CT molecular complexity index is 559. The summed E-state index contributed by atoms with van der Waals surface area (Å²) in [6, 6.07) is 12.7. The fourth-order valence-corrected chi connectivity index (χ4v) is 2.13. The first-order chi connectivity index (χ1) is 8.93. The van der Waals surface area contributed by atoms with Gasteiger partial charge in [0.05, 0.1) is 5.69 Å². The van der Waals surface area contributed by atoms with Crippen molar-refractivity contribution in [3.8, 4) is 11.3 Å². The molecule has 1 aromatic heterocycles. The van der Waals surface area contributed by atoms with Crippen LogP contribution in [0, 0.1) is 12.8 Å². The standard InChI is InChI=1S/C16H21B2N/c1-11(2)16(17,18)13-8-9-15(19-10-13)14-7-5-4-6-12(14)3/h4-11H,17-18H2,1-3H3. The SMILES string of the molecule is BC(B)(c1ccc(-c2ccccc2C)nc1)C(C)C. The van der Waals surface area contributed by atoms with Gasteiger partial charge in [-0.05, 0) is 24.1 Å². The summed E-state index contributed by atoms with van der Waals surface area (Å²) in [6.45, 7) is 6.65. The molecule has 0 N–H and O–H groups in total. The van der Waals surface area contributed by atoms with Crippen LogP contribution in [0.3, 0.4) is 0 Å². The number of nitrogens with zero attached hydrogens (tertiary/aromatic N) is 1. The molecule has 0 unspecified atom stereocenters. The number of aryl methyl sites for hydroxylation is 1. The summed E-state index contributed by atoms with van der Waals surface area (Å²) in [5.41, 5.74) is 4.85. The van der Waals surface area contributed by atoms with Crippen LogP contribution in [0.2, 0.25) is 0 Å². The summed E-state index contributed by atoms with van der Waals surface area (Å²) >= 11 is 0. The van der Waals surface area contributed by atoms with Gasteiger partial charge in [-0.2, -0.15) is 0 Å². The molecular weight excluding hydrogens is 228 g/mol. The second-order valence-electron chi connectivity index (χ2n) is 6.12. The number of hydrogen-bond acceptors (Lipinski definition) is 1. The van der Waals surface area contributed by atoms with Crippen molar-refractivity contribution < 1.29 is 0 Å². The Labute approximate surface area is 118 Å². The molecule has 19 heavy (non-hydrogen) atoms. The molecule has 0 aliphatic rings. The third-order valence-corrected chi connectivity index (χ3v) is 4.37. The van der Waals surface area contributed by atoms with Crippen LogP contribution in [0.15, 0.2) is 42.6 Å². The van der Waals surface area contributed by atoms with E-state index in [0.717, 1.165) is 5.69 Å². The maximum absolute atomic E-state index is 4.66. The molecule has 0 fully saturated rings. The molecular formula is C16H21B2N. The van der Waals surface area contributed by atoms with Crippen LogP contribution in [0.5, 0.6) is 0 Å². The molecule has 0 spiro atoms. The molecule has 1 heterocycles. The Balaban J connectivity index is 2.37. The lowest BCUT2D eigenvalue weighted by molar-refractivity contribution is 0.569. The predicted molar refractivity (Wildman–Crippen MR) is 88.0 cm³/mol. The van der Waals surface area contributed by atoms with E-state index in [4.69, 9.17) is 0 Å². The summed E-state index contributed by atoms with van der Waals surface area (Å²) in [7, 11) is 4.56. The number of pyridine rings is 1. The van der Waals surface area contributed by atoms with Crippen LogP contribution in [0.25, 0.3) is 11.3 Å². The van der Waals surface area contributed by atoms with Gasteiger partial charge < -0.3 is 0 Å². The van der Waals surface area contributed by atoms with Crippen molar-refractivity contribution in [1.29, 1.82) is 0 Å². The number of rotatable bonds is 3. The minimum atomic E-state index is 0.164. The van der Waals surface area contributed by atoms with E-state index < -0.39 is 0 Å². The van der Waals surface area contributed by atoms with Gasteiger partial charge in [0.15, 0.2) is 0 Å². The molecule has 0 aliphatic carbocycles. The molecule has 0 radical (unpaired) electrons. The van der Waals surface area contributed by atoms with Gasteiger partial charge in [0, 0.05) is 11.8 Å². The zero-order chi connectivity index (χ0) is 14.0. The fraction of sp³-hybridized carbons (Fsp3) is 0.312. The number of aromatic nitrogens is 1. The highest BCUT2D eigenvalue weighted by atomic mass is 14.7. The Morgan fingerprint density at radius 2 is 1.74 bits per heavy atom. The van der Waals surface area contributed by atoms with Crippen molar-refractivity contribution in [3.05, 3.63) is 53.7 Å². The lowest BCUT2D eigenvalue weighted by atomic mass is 9.46. The van der Waals surface area contributed by atoms with Crippen LogP contribution < -0.4 is 0 Å². The minimum absolute atomic E-state index is 0.164. The van der Waals surface area contributed by atoms with Crippen molar-refractivity contribution >= 4 is 15.7 Å². The topological polar surface area (TPSA) is 12.9 Å². The van der Waals surface area contributed by atoms with Gasteiger partial charge in [0.25, 0.3) is 0 Å². The first kappa shape index (κ1) is 13.9. The first-order valence-corrected chi connectivity index (χ1v) is 6.95. The van der Waals surface area contributed by atoms with E-state index in [1.807, 2.05) is 6.20 Å². The van der Waals surface area contributed by atoms with E-state index in [1.54, 1.807) is 0 Å². The van der Waals surface area contributed by atoms with E-state index in [0.29, 0.717) is 5.92 Å². The second kappa shape index (κ2) is 5.24. The third kappa shape index (κ3) is 2.75. The maximum atomic E-state index is 4.66. The Morgan fingerprint density at radius 1 is 1.05 bits per heavy atom. The molecule has 2 aromatic rings.